The second kappa shape index (κ2) is 11.8. The summed E-state index contributed by atoms with van der Waals surface area (Å²) in [4.78, 5) is 40.8. The first-order valence-electron chi connectivity index (χ1n) is 11.2. The van der Waals surface area contributed by atoms with E-state index in [1.807, 2.05) is 48.7 Å². The lowest BCUT2D eigenvalue weighted by molar-refractivity contribution is -0.152. The van der Waals surface area contributed by atoms with Crippen molar-refractivity contribution in [3.63, 3.8) is 0 Å². The monoisotopic (exact) mass is 463 g/mol. The van der Waals surface area contributed by atoms with Crippen LogP contribution in [0.25, 0.3) is 10.9 Å². The number of amides is 1. The van der Waals surface area contributed by atoms with Crippen LogP contribution in [0.4, 0.5) is 0 Å². The number of H-pyrrole nitrogens is 1. The van der Waals surface area contributed by atoms with Crippen molar-refractivity contribution in [2.24, 2.45) is 0 Å². The maximum atomic E-state index is 13.3. The average molecular weight is 464 g/mol. The van der Waals surface area contributed by atoms with E-state index in [9.17, 15) is 14.4 Å². The van der Waals surface area contributed by atoms with Gasteiger partial charge in [-0.25, -0.2) is 4.79 Å². The highest BCUT2D eigenvalue weighted by molar-refractivity contribution is 6.26. The minimum absolute atomic E-state index is 0.0245. The quantitative estimate of drug-likeness (QED) is 0.280. The summed E-state index contributed by atoms with van der Waals surface area (Å²) in [6.07, 6.45) is 1.45. The molecule has 1 amide bonds. The molecule has 34 heavy (non-hydrogen) atoms. The van der Waals surface area contributed by atoms with Gasteiger partial charge in [0.05, 0.1) is 12.3 Å². The molecule has 0 bridgehead atoms. The first-order valence-corrected chi connectivity index (χ1v) is 11.2. The maximum Gasteiger partial charge on any atom is 0.328 e. The van der Waals surface area contributed by atoms with Crippen LogP contribution in [-0.4, -0.2) is 47.1 Å². The maximum absolute atomic E-state index is 13.3. The Morgan fingerprint density at radius 2 is 1.76 bits per heavy atom. The number of carbonyl (C=O) groups is 3. The predicted octanol–water partition coefficient (Wildman–Crippen LogP) is 3.59. The van der Waals surface area contributed by atoms with Gasteiger partial charge >= 0.3 is 5.97 Å². The van der Waals surface area contributed by atoms with Crippen molar-refractivity contribution in [1.82, 2.24) is 10.3 Å². The van der Waals surface area contributed by atoms with E-state index in [1.165, 1.54) is 0 Å². The molecule has 0 saturated heterocycles. The molecule has 1 heterocycles. The van der Waals surface area contributed by atoms with E-state index in [2.05, 4.69) is 10.3 Å². The van der Waals surface area contributed by atoms with Crippen LogP contribution in [-0.2, 0) is 25.5 Å². The molecule has 3 N–H and O–H groups in total. The number of carbonyl (C=O) groups excluding carboxylic acids is 3. The normalized spacial score (nSPS) is 12.7. The Kier molecular flexibility index (Phi) is 8.56. The molecule has 0 aliphatic carbocycles. The van der Waals surface area contributed by atoms with E-state index >= 15 is 0 Å². The van der Waals surface area contributed by atoms with E-state index in [4.69, 9.17) is 14.9 Å². The van der Waals surface area contributed by atoms with Gasteiger partial charge < -0.3 is 25.2 Å². The second-order valence-corrected chi connectivity index (χ2v) is 8.18. The Morgan fingerprint density at radius 3 is 2.47 bits per heavy atom. The fraction of sp³-hybridized carbons (Fsp3) is 0.308. The minimum Gasteiger partial charge on any atom is -0.480 e. The van der Waals surface area contributed by atoms with Crippen LogP contribution in [0.2, 0.25) is 0 Å². The number of hydrogen-bond donors (Lipinski definition) is 3. The number of esters is 1. The molecule has 0 aliphatic rings. The molecule has 8 heteroatoms. The largest absolute Gasteiger partial charge is 0.480 e. The summed E-state index contributed by atoms with van der Waals surface area (Å²) in [6.45, 7) is 3.41. The molecule has 3 rings (SSSR count). The van der Waals surface area contributed by atoms with Crippen LogP contribution in [0.15, 0.2) is 60.8 Å². The number of fused-ring (bicyclic) bond motifs is 1. The van der Waals surface area contributed by atoms with Gasteiger partial charge in [0.25, 0.3) is 5.91 Å². The number of aromatic amines is 1. The molecule has 0 fully saturated rings. The SMILES string of the molecule is CC(C)OC(=O)[C@H](CCC(=O)C=N)NC(=O)[C@H](Cc1c[nH]c2ccccc12)Oc1ccccc1. The van der Waals surface area contributed by atoms with Crippen LogP contribution in [0.3, 0.4) is 0 Å². The van der Waals surface area contributed by atoms with Crippen molar-refractivity contribution in [2.45, 2.75) is 51.4 Å². The third-order valence-electron chi connectivity index (χ3n) is 5.19. The Balaban J connectivity index is 1.83. The summed E-state index contributed by atoms with van der Waals surface area (Å²) in [5, 5.41) is 10.8. The summed E-state index contributed by atoms with van der Waals surface area (Å²) >= 11 is 0. The lowest BCUT2D eigenvalue weighted by Crippen LogP contribution is -2.49. The van der Waals surface area contributed by atoms with Gasteiger partial charge in [0.2, 0.25) is 0 Å². The lowest BCUT2D eigenvalue weighted by Gasteiger charge is -2.23. The Labute approximate surface area is 198 Å². The van der Waals surface area contributed by atoms with Crippen molar-refractivity contribution in [1.29, 1.82) is 5.41 Å². The molecule has 0 aliphatic heterocycles. The summed E-state index contributed by atoms with van der Waals surface area (Å²) < 4.78 is 11.3. The molecule has 2 atom stereocenters. The number of Topliss-reactive ketones (excluding diaryl/α,β-unsaturated/α-hetero) is 1. The summed E-state index contributed by atoms with van der Waals surface area (Å²) in [6, 6.07) is 15.7. The smallest absolute Gasteiger partial charge is 0.328 e. The number of nitrogens with one attached hydrogen (secondary N) is 3. The number of ketones is 1. The summed E-state index contributed by atoms with van der Waals surface area (Å²) in [7, 11) is 0. The standard InChI is InChI=1S/C26H29N3O5/c1-17(2)33-26(32)23(13-12-19(30)15-27)29-25(31)24(34-20-8-4-3-5-9-20)14-18-16-28-22-11-7-6-10-21(18)22/h3-11,15-17,23-24,27-28H,12-14H2,1-2H3,(H,29,31)/t23-,24-/m0/s1. The Morgan fingerprint density at radius 1 is 1.06 bits per heavy atom. The van der Waals surface area contributed by atoms with Crippen LogP contribution < -0.4 is 10.1 Å². The van der Waals surface area contributed by atoms with Crippen LogP contribution >= 0.6 is 0 Å². The van der Waals surface area contributed by atoms with E-state index in [1.54, 1.807) is 26.0 Å². The lowest BCUT2D eigenvalue weighted by atomic mass is 10.0. The number of hydrogen-bond acceptors (Lipinski definition) is 6. The number of aromatic nitrogens is 1. The fourth-order valence-corrected chi connectivity index (χ4v) is 3.54. The van der Waals surface area contributed by atoms with Crippen LogP contribution in [0, 0.1) is 5.41 Å². The molecule has 0 spiro atoms. The Hall–Kier alpha value is -3.94. The third-order valence-corrected chi connectivity index (χ3v) is 5.19. The van der Waals surface area contributed by atoms with Gasteiger partial charge in [-0.15, -0.1) is 0 Å². The highest BCUT2D eigenvalue weighted by Gasteiger charge is 2.29. The van der Waals surface area contributed by atoms with Gasteiger partial charge in [-0.3, -0.25) is 9.59 Å². The molecule has 178 valence electrons. The van der Waals surface area contributed by atoms with Crippen LogP contribution in [0.1, 0.15) is 32.3 Å². The molecule has 0 unspecified atom stereocenters. The van der Waals surface area contributed by atoms with E-state index in [0.29, 0.717) is 12.0 Å². The third kappa shape index (κ3) is 6.78. The first-order chi connectivity index (χ1) is 16.4. The molecule has 3 aromatic rings. The zero-order valence-corrected chi connectivity index (χ0v) is 19.2. The highest BCUT2D eigenvalue weighted by atomic mass is 16.5. The zero-order chi connectivity index (χ0) is 24.5. The molecule has 1 aromatic heterocycles. The molecule has 8 nitrogen and oxygen atoms in total. The van der Waals surface area contributed by atoms with E-state index < -0.39 is 29.8 Å². The van der Waals surface area contributed by atoms with Gasteiger partial charge in [-0.05, 0) is 44.0 Å². The van der Waals surface area contributed by atoms with Gasteiger partial charge in [-0.1, -0.05) is 36.4 Å². The number of benzene rings is 2. The molecule has 0 radical (unpaired) electrons. The molecular weight excluding hydrogens is 434 g/mol. The number of para-hydroxylation sites is 2. The summed E-state index contributed by atoms with van der Waals surface area (Å²) in [5.74, 6) is -1.05. The molecule has 0 saturated carbocycles. The Bertz CT molecular complexity index is 1140. The van der Waals surface area contributed by atoms with Crippen molar-refractivity contribution < 1.29 is 23.9 Å². The van der Waals surface area contributed by atoms with Gasteiger partial charge in [0.1, 0.15) is 11.8 Å². The van der Waals surface area contributed by atoms with Crippen molar-refractivity contribution in [3.8, 4) is 5.75 Å². The second-order valence-electron chi connectivity index (χ2n) is 8.18. The number of rotatable bonds is 12. The fourth-order valence-electron chi connectivity index (χ4n) is 3.54. The van der Waals surface area contributed by atoms with E-state index in [0.717, 1.165) is 16.5 Å². The van der Waals surface area contributed by atoms with Crippen molar-refractivity contribution in [3.05, 3.63) is 66.4 Å². The van der Waals surface area contributed by atoms with E-state index in [-0.39, 0.29) is 25.4 Å². The first kappa shape index (κ1) is 24.7. The van der Waals surface area contributed by atoms with Gasteiger partial charge in [-0.2, -0.15) is 0 Å². The summed E-state index contributed by atoms with van der Waals surface area (Å²) in [5.41, 5.74) is 1.84. The molecule has 2 aromatic carbocycles. The average Bonchev–Trinajstić information content (AvgIpc) is 3.24. The van der Waals surface area contributed by atoms with Gasteiger partial charge in [0.15, 0.2) is 11.9 Å². The van der Waals surface area contributed by atoms with Crippen molar-refractivity contribution in [2.75, 3.05) is 0 Å². The predicted molar refractivity (Wildman–Crippen MR) is 129 cm³/mol. The minimum atomic E-state index is -1.04. The highest BCUT2D eigenvalue weighted by Crippen LogP contribution is 2.21. The number of ether oxygens (including phenoxy) is 2. The van der Waals surface area contributed by atoms with Crippen LogP contribution in [0.5, 0.6) is 5.75 Å². The van der Waals surface area contributed by atoms with Crippen molar-refractivity contribution >= 4 is 34.8 Å². The zero-order valence-electron chi connectivity index (χ0n) is 19.2. The van der Waals surface area contributed by atoms with Gasteiger partial charge in [0, 0.05) is 29.9 Å². The topological polar surface area (TPSA) is 121 Å². The molecular formula is C26H29N3O5.